The lowest BCUT2D eigenvalue weighted by Crippen LogP contribution is -2.13. The molecule has 0 radical (unpaired) electrons. The van der Waals surface area contributed by atoms with Gasteiger partial charge in [0.1, 0.15) is 0 Å². The molecule has 7 nitrogen and oxygen atoms in total. The Hall–Kier alpha value is -2.35. The van der Waals surface area contributed by atoms with Crippen LogP contribution in [0.5, 0.6) is 0 Å². The molecular weight excluding hydrogens is 342 g/mol. The summed E-state index contributed by atoms with van der Waals surface area (Å²) < 4.78 is 32.2. The van der Waals surface area contributed by atoms with E-state index in [1.807, 2.05) is 0 Å². The first-order valence-electron chi connectivity index (χ1n) is 8.22. The van der Waals surface area contributed by atoms with Crippen LogP contribution < -0.4 is 4.72 Å². The fourth-order valence-corrected chi connectivity index (χ4v) is 3.40. The Labute approximate surface area is 147 Å². The first-order valence-corrected chi connectivity index (χ1v) is 9.71. The van der Waals surface area contributed by atoms with Crippen LogP contribution >= 0.6 is 0 Å². The minimum absolute atomic E-state index is 0.0479. The molecule has 1 aromatic carbocycles. The van der Waals surface area contributed by atoms with Gasteiger partial charge in [-0.15, -0.1) is 0 Å². The maximum absolute atomic E-state index is 12.4. The molecular formula is C17H23N3O4S. The molecule has 1 heterocycles. The van der Waals surface area contributed by atoms with Gasteiger partial charge in [-0.05, 0) is 43.5 Å². The average molecular weight is 365 g/mol. The lowest BCUT2D eigenvalue weighted by atomic mass is 10.0. The molecule has 0 spiro atoms. The van der Waals surface area contributed by atoms with Crippen LogP contribution in [0.3, 0.4) is 0 Å². The summed E-state index contributed by atoms with van der Waals surface area (Å²) in [7, 11) is -3.78. The van der Waals surface area contributed by atoms with Gasteiger partial charge in [0, 0.05) is 11.8 Å². The van der Waals surface area contributed by atoms with E-state index in [2.05, 4.69) is 28.8 Å². The summed E-state index contributed by atoms with van der Waals surface area (Å²) in [6.07, 6.45) is 2.03. The van der Waals surface area contributed by atoms with Crippen LogP contribution in [0.15, 0.2) is 35.2 Å². The van der Waals surface area contributed by atoms with E-state index in [1.165, 1.54) is 24.3 Å². The normalized spacial score (nSPS) is 12.6. The van der Waals surface area contributed by atoms with Crippen molar-refractivity contribution >= 4 is 21.8 Å². The van der Waals surface area contributed by atoms with Crippen molar-refractivity contribution in [2.45, 2.75) is 44.4 Å². The van der Waals surface area contributed by atoms with Crippen LogP contribution in [-0.2, 0) is 14.8 Å². The van der Waals surface area contributed by atoms with E-state index in [1.54, 1.807) is 13.0 Å². The van der Waals surface area contributed by atoms with Gasteiger partial charge in [-0.3, -0.25) is 9.82 Å². The van der Waals surface area contributed by atoms with Crippen molar-refractivity contribution in [1.82, 2.24) is 10.2 Å². The number of esters is 1. The lowest BCUT2D eigenvalue weighted by Gasteiger charge is -2.07. The number of aromatic nitrogens is 2. The zero-order chi connectivity index (χ0) is 18.4. The molecule has 0 saturated heterocycles. The predicted molar refractivity (Wildman–Crippen MR) is 95.1 cm³/mol. The Bertz CT molecular complexity index is 813. The molecule has 2 N–H and O–H groups in total. The van der Waals surface area contributed by atoms with E-state index in [-0.39, 0.29) is 23.2 Å². The second kappa shape index (κ2) is 8.15. The Kier molecular flexibility index (Phi) is 6.19. The molecule has 0 saturated carbocycles. The smallest absolute Gasteiger partial charge is 0.338 e. The Morgan fingerprint density at radius 3 is 2.56 bits per heavy atom. The van der Waals surface area contributed by atoms with Crippen molar-refractivity contribution in [3.05, 3.63) is 41.6 Å². The van der Waals surface area contributed by atoms with Gasteiger partial charge in [0.05, 0.1) is 17.1 Å². The van der Waals surface area contributed by atoms with Gasteiger partial charge >= 0.3 is 5.97 Å². The molecule has 1 aromatic heterocycles. The van der Waals surface area contributed by atoms with E-state index in [0.29, 0.717) is 5.56 Å². The highest BCUT2D eigenvalue weighted by molar-refractivity contribution is 7.92. The Morgan fingerprint density at radius 1 is 1.28 bits per heavy atom. The standard InChI is InChI=1S/C17H23N3O4S/c1-4-6-12(3)15-11-16(19-18-15)20-25(22,23)14-9-7-13(8-10-14)17(21)24-5-2/h7-12H,4-6H2,1-3H3,(H2,18,19,20). The number of aromatic amines is 1. The first kappa shape index (κ1) is 19.0. The third-order valence-electron chi connectivity index (χ3n) is 3.76. The van der Waals surface area contributed by atoms with Crippen molar-refractivity contribution in [2.75, 3.05) is 11.3 Å². The third-order valence-corrected chi connectivity index (χ3v) is 5.14. The molecule has 1 unspecified atom stereocenters. The number of benzene rings is 1. The van der Waals surface area contributed by atoms with Gasteiger partial charge in [0.25, 0.3) is 10.0 Å². The van der Waals surface area contributed by atoms with Crippen molar-refractivity contribution in [2.24, 2.45) is 0 Å². The van der Waals surface area contributed by atoms with Crippen molar-refractivity contribution < 1.29 is 17.9 Å². The van der Waals surface area contributed by atoms with E-state index >= 15 is 0 Å². The highest BCUT2D eigenvalue weighted by Crippen LogP contribution is 2.22. The van der Waals surface area contributed by atoms with Gasteiger partial charge in [-0.1, -0.05) is 20.3 Å². The molecule has 0 aliphatic rings. The van der Waals surface area contributed by atoms with Gasteiger partial charge in [0.15, 0.2) is 5.82 Å². The number of hydrogen-bond donors (Lipinski definition) is 2. The van der Waals surface area contributed by atoms with Crippen LogP contribution in [0.2, 0.25) is 0 Å². The number of nitrogens with zero attached hydrogens (tertiary/aromatic N) is 1. The highest BCUT2D eigenvalue weighted by Gasteiger charge is 2.18. The second-order valence-electron chi connectivity index (χ2n) is 5.75. The van der Waals surface area contributed by atoms with E-state index in [0.717, 1.165) is 18.5 Å². The van der Waals surface area contributed by atoms with Crippen LogP contribution in [0.4, 0.5) is 5.82 Å². The van der Waals surface area contributed by atoms with Crippen molar-refractivity contribution in [1.29, 1.82) is 0 Å². The van der Waals surface area contributed by atoms with E-state index in [9.17, 15) is 13.2 Å². The molecule has 0 aliphatic carbocycles. The van der Waals surface area contributed by atoms with Gasteiger partial charge < -0.3 is 4.74 Å². The maximum atomic E-state index is 12.4. The molecule has 136 valence electrons. The van der Waals surface area contributed by atoms with Gasteiger partial charge in [0.2, 0.25) is 0 Å². The fourth-order valence-electron chi connectivity index (χ4n) is 2.41. The quantitative estimate of drug-likeness (QED) is 0.699. The summed E-state index contributed by atoms with van der Waals surface area (Å²) in [5.74, 6) is 0.0355. The summed E-state index contributed by atoms with van der Waals surface area (Å²) in [6, 6.07) is 7.27. The van der Waals surface area contributed by atoms with E-state index in [4.69, 9.17) is 4.74 Å². The predicted octanol–water partition coefficient (Wildman–Crippen LogP) is 3.29. The van der Waals surface area contributed by atoms with Gasteiger partial charge in [-0.25, -0.2) is 13.2 Å². The minimum atomic E-state index is -3.78. The highest BCUT2D eigenvalue weighted by atomic mass is 32.2. The zero-order valence-corrected chi connectivity index (χ0v) is 15.4. The number of anilines is 1. The molecule has 25 heavy (non-hydrogen) atoms. The second-order valence-corrected chi connectivity index (χ2v) is 7.43. The summed E-state index contributed by atoms with van der Waals surface area (Å²) in [6.45, 7) is 6.12. The summed E-state index contributed by atoms with van der Waals surface area (Å²) in [5.41, 5.74) is 1.19. The number of carbonyl (C=O) groups is 1. The number of carbonyl (C=O) groups excluding carboxylic acids is 1. The Morgan fingerprint density at radius 2 is 1.96 bits per heavy atom. The largest absolute Gasteiger partial charge is 0.462 e. The maximum Gasteiger partial charge on any atom is 0.338 e. The molecule has 8 heteroatoms. The summed E-state index contributed by atoms with van der Waals surface area (Å²) in [5, 5.41) is 6.88. The van der Waals surface area contributed by atoms with Crippen molar-refractivity contribution in [3.8, 4) is 0 Å². The topological polar surface area (TPSA) is 101 Å². The average Bonchev–Trinajstić information content (AvgIpc) is 3.03. The molecule has 0 amide bonds. The minimum Gasteiger partial charge on any atom is -0.462 e. The summed E-state index contributed by atoms with van der Waals surface area (Å²) in [4.78, 5) is 11.7. The third kappa shape index (κ3) is 4.82. The summed E-state index contributed by atoms with van der Waals surface area (Å²) >= 11 is 0. The first-order chi connectivity index (χ1) is 11.9. The fraction of sp³-hybridized carbons (Fsp3) is 0.412. The lowest BCUT2D eigenvalue weighted by molar-refractivity contribution is 0.0526. The number of ether oxygens (including phenoxy) is 1. The molecule has 2 rings (SSSR count). The Balaban J connectivity index is 2.12. The number of rotatable bonds is 8. The van der Waals surface area contributed by atoms with Crippen LogP contribution in [0.1, 0.15) is 55.6 Å². The number of nitrogens with one attached hydrogen (secondary N) is 2. The monoisotopic (exact) mass is 365 g/mol. The molecule has 0 fully saturated rings. The van der Waals surface area contributed by atoms with E-state index < -0.39 is 16.0 Å². The molecule has 0 aliphatic heterocycles. The van der Waals surface area contributed by atoms with Gasteiger partial charge in [-0.2, -0.15) is 5.10 Å². The number of hydrogen-bond acceptors (Lipinski definition) is 5. The number of sulfonamides is 1. The van der Waals surface area contributed by atoms with Crippen LogP contribution in [0, 0.1) is 0 Å². The molecule has 2 aromatic rings. The van der Waals surface area contributed by atoms with Crippen LogP contribution in [0.25, 0.3) is 0 Å². The van der Waals surface area contributed by atoms with Crippen molar-refractivity contribution in [3.63, 3.8) is 0 Å². The molecule has 0 bridgehead atoms. The SMILES string of the molecule is CCCC(C)c1cc(NS(=O)(=O)c2ccc(C(=O)OCC)cc2)n[nH]1. The van der Waals surface area contributed by atoms with Crippen LogP contribution in [-0.4, -0.2) is 31.2 Å². The number of H-pyrrole nitrogens is 1. The zero-order valence-electron chi connectivity index (χ0n) is 14.6. The molecule has 1 atom stereocenters.